The summed E-state index contributed by atoms with van der Waals surface area (Å²) in [7, 11) is 0. The molecule has 0 spiro atoms. The predicted molar refractivity (Wildman–Crippen MR) is 49.1 cm³/mol. The van der Waals surface area contributed by atoms with E-state index in [9.17, 15) is 0 Å². The second-order valence-electron chi connectivity index (χ2n) is 3.37. The Kier molecular flexibility index (Phi) is 2.00. The molecule has 1 aromatic rings. The molecule has 3 N–H and O–H groups in total. The van der Waals surface area contributed by atoms with E-state index < -0.39 is 0 Å². The molecule has 70 valence electrons. The van der Waals surface area contributed by atoms with Gasteiger partial charge in [-0.05, 0) is 19.8 Å². The topological polar surface area (TPSA) is 79.9 Å². The van der Waals surface area contributed by atoms with Gasteiger partial charge in [-0.25, -0.2) is 4.98 Å². The molecule has 1 atom stereocenters. The van der Waals surface area contributed by atoms with E-state index in [2.05, 4.69) is 20.2 Å². The third-order valence-electron chi connectivity index (χ3n) is 2.17. The Labute approximate surface area is 76.5 Å². The molecule has 5 heteroatoms. The molecule has 13 heavy (non-hydrogen) atoms. The molecule has 0 aromatic carbocycles. The molecule has 1 aliphatic rings. The number of hydrogen-bond acceptors (Lipinski definition) is 3. The normalized spacial score (nSPS) is 20.2. The van der Waals surface area contributed by atoms with Gasteiger partial charge in [-0.3, -0.25) is 10.1 Å². The van der Waals surface area contributed by atoms with Gasteiger partial charge in [0, 0.05) is 5.92 Å². The Morgan fingerprint density at radius 3 is 3.08 bits per heavy atom. The molecule has 1 fully saturated rings. The molecule has 0 bridgehead atoms. The van der Waals surface area contributed by atoms with Gasteiger partial charge in [-0.2, -0.15) is 5.10 Å². The van der Waals surface area contributed by atoms with E-state index in [-0.39, 0.29) is 6.04 Å². The Morgan fingerprint density at radius 2 is 2.54 bits per heavy atom. The van der Waals surface area contributed by atoms with E-state index in [0.717, 1.165) is 11.7 Å². The summed E-state index contributed by atoms with van der Waals surface area (Å²) in [5.74, 6) is 2.04. The largest absolute Gasteiger partial charge is 0.387 e. The molecule has 0 saturated heterocycles. The van der Waals surface area contributed by atoms with Crippen LogP contribution in [-0.4, -0.2) is 21.0 Å². The molecule has 1 aromatic heterocycles. The zero-order valence-electron chi connectivity index (χ0n) is 7.57. The van der Waals surface area contributed by atoms with Crippen molar-refractivity contribution >= 4 is 5.84 Å². The number of nitrogens with two attached hydrogens (primary N) is 1. The van der Waals surface area contributed by atoms with E-state index in [1.54, 1.807) is 0 Å². The van der Waals surface area contributed by atoms with Crippen molar-refractivity contribution < 1.29 is 0 Å². The molecule has 2 rings (SSSR count). The summed E-state index contributed by atoms with van der Waals surface area (Å²) >= 11 is 0. The molecule has 1 saturated carbocycles. The van der Waals surface area contributed by atoms with Crippen LogP contribution in [0.15, 0.2) is 11.3 Å². The van der Waals surface area contributed by atoms with Gasteiger partial charge in [0.1, 0.15) is 18.2 Å². The van der Waals surface area contributed by atoms with Crippen LogP contribution in [0, 0.1) is 5.92 Å². The summed E-state index contributed by atoms with van der Waals surface area (Å²) in [5.41, 5.74) is 5.77. The van der Waals surface area contributed by atoms with Gasteiger partial charge in [0.2, 0.25) is 0 Å². The first-order chi connectivity index (χ1) is 6.27. The maximum absolute atomic E-state index is 5.77. The van der Waals surface area contributed by atoms with Gasteiger partial charge in [0.25, 0.3) is 0 Å². The first-order valence-electron chi connectivity index (χ1n) is 4.46. The van der Waals surface area contributed by atoms with Crippen LogP contribution in [-0.2, 0) is 0 Å². The highest BCUT2D eigenvalue weighted by molar-refractivity contribution is 5.85. The van der Waals surface area contributed by atoms with Gasteiger partial charge >= 0.3 is 0 Å². The van der Waals surface area contributed by atoms with Crippen molar-refractivity contribution in [2.75, 3.05) is 0 Å². The smallest absolute Gasteiger partial charge is 0.148 e. The number of aliphatic imine (C=N–C) groups is 1. The van der Waals surface area contributed by atoms with Gasteiger partial charge in [-0.15, -0.1) is 0 Å². The van der Waals surface area contributed by atoms with Gasteiger partial charge < -0.3 is 5.73 Å². The molecule has 1 aliphatic carbocycles. The zero-order valence-corrected chi connectivity index (χ0v) is 7.57. The van der Waals surface area contributed by atoms with E-state index in [1.807, 2.05) is 6.92 Å². The minimum Gasteiger partial charge on any atom is -0.387 e. The minimum atomic E-state index is -0.0110. The lowest BCUT2D eigenvalue weighted by molar-refractivity contribution is 0.740. The average molecular weight is 179 g/mol. The number of aromatic nitrogens is 3. The highest BCUT2D eigenvalue weighted by atomic mass is 15.2. The third-order valence-corrected chi connectivity index (χ3v) is 2.17. The maximum Gasteiger partial charge on any atom is 0.148 e. The van der Waals surface area contributed by atoms with E-state index >= 15 is 0 Å². The number of nitrogens with zero attached hydrogens (tertiary/aromatic N) is 3. The Hall–Kier alpha value is -1.39. The first kappa shape index (κ1) is 8.22. The summed E-state index contributed by atoms with van der Waals surface area (Å²) in [6.45, 7) is 1.95. The first-order valence-corrected chi connectivity index (χ1v) is 4.46. The van der Waals surface area contributed by atoms with E-state index in [1.165, 1.54) is 19.2 Å². The number of rotatable bonds is 3. The lowest BCUT2D eigenvalue weighted by atomic mass is 10.3. The summed E-state index contributed by atoms with van der Waals surface area (Å²) in [5, 5.41) is 6.54. The molecule has 0 aliphatic heterocycles. The zero-order chi connectivity index (χ0) is 9.26. The molecular weight excluding hydrogens is 166 g/mol. The Balaban J connectivity index is 2.05. The molecule has 0 amide bonds. The van der Waals surface area contributed by atoms with Crippen molar-refractivity contribution in [2.45, 2.75) is 25.8 Å². The summed E-state index contributed by atoms with van der Waals surface area (Å²) in [6.07, 6.45) is 3.84. The van der Waals surface area contributed by atoms with Crippen LogP contribution < -0.4 is 5.73 Å². The van der Waals surface area contributed by atoms with Crippen molar-refractivity contribution in [1.82, 2.24) is 15.2 Å². The van der Waals surface area contributed by atoms with Crippen LogP contribution in [0.5, 0.6) is 0 Å². The lowest BCUT2D eigenvalue weighted by Gasteiger charge is -2.03. The number of H-pyrrole nitrogens is 1. The number of hydrogen-bond donors (Lipinski definition) is 2. The van der Waals surface area contributed by atoms with Gasteiger partial charge in [0.15, 0.2) is 0 Å². The van der Waals surface area contributed by atoms with Crippen molar-refractivity contribution in [1.29, 1.82) is 0 Å². The Bertz CT molecular complexity index is 298. The van der Waals surface area contributed by atoms with Crippen LogP contribution in [0.25, 0.3) is 0 Å². The van der Waals surface area contributed by atoms with Crippen LogP contribution in [0.1, 0.15) is 31.6 Å². The van der Waals surface area contributed by atoms with Crippen molar-refractivity contribution in [3.63, 3.8) is 0 Å². The molecule has 1 heterocycles. The van der Waals surface area contributed by atoms with E-state index in [0.29, 0.717) is 5.92 Å². The molecule has 0 radical (unpaired) electrons. The monoisotopic (exact) mass is 179 g/mol. The second-order valence-corrected chi connectivity index (χ2v) is 3.37. The van der Waals surface area contributed by atoms with Gasteiger partial charge in [0.05, 0.1) is 5.84 Å². The highest BCUT2D eigenvalue weighted by Crippen LogP contribution is 2.29. The SMILES string of the molecule is CC(N=C(N)C1CC1)c1ncn[nH]1. The molecule has 5 nitrogen and oxygen atoms in total. The standard InChI is InChI=1S/C8H13N5/c1-5(8-10-4-11-13-8)12-7(9)6-2-3-6/h4-6H,2-3H2,1H3,(H2,9,12)(H,10,11,13). The van der Waals surface area contributed by atoms with Crippen molar-refractivity contribution in [2.24, 2.45) is 16.6 Å². The van der Waals surface area contributed by atoms with Gasteiger partial charge in [-0.1, -0.05) is 0 Å². The number of nitrogens with one attached hydrogen (secondary N) is 1. The summed E-state index contributed by atoms with van der Waals surface area (Å²) in [6, 6.07) is -0.0110. The van der Waals surface area contributed by atoms with Crippen LogP contribution in [0.3, 0.4) is 0 Å². The number of amidine groups is 1. The summed E-state index contributed by atoms with van der Waals surface area (Å²) < 4.78 is 0. The fourth-order valence-corrected chi connectivity index (χ4v) is 1.19. The number of aromatic amines is 1. The second kappa shape index (κ2) is 3.16. The minimum absolute atomic E-state index is 0.0110. The fraction of sp³-hybridized carbons (Fsp3) is 0.625. The van der Waals surface area contributed by atoms with Crippen LogP contribution in [0.2, 0.25) is 0 Å². The Morgan fingerprint density at radius 1 is 1.77 bits per heavy atom. The third kappa shape index (κ3) is 1.85. The average Bonchev–Trinajstić information content (AvgIpc) is 2.81. The fourth-order valence-electron chi connectivity index (χ4n) is 1.19. The quantitative estimate of drug-likeness (QED) is 0.527. The van der Waals surface area contributed by atoms with Crippen molar-refractivity contribution in [3.05, 3.63) is 12.2 Å². The van der Waals surface area contributed by atoms with Crippen LogP contribution >= 0.6 is 0 Å². The lowest BCUT2D eigenvalue weighted by Crippen LogP contribution is -2.15. The van der Waals surface area contributed by atoms with Crippen molar-refractivity contribution in [3.8, 4) is 0 Å². The molecular formula is C8H13N5. The molecule has 1 unspecified atom stereocenters. The highest BCUT2D eigenvalue weighted by Gasteiger charge is 2.26. The predicted octanol–water partition coefficient (Wildman–Crippen LogP) is 0.633. The van der Waals surface area contributed by atoms with E-state index in [4.69, 9.17) is 5.73 Å². The van der Waals surface area contributed by atoms with Crippen LogP contribution in [0.4, 0.5) is 0 Å². The maximum atomic E-state index is 5.77. The summed E-state index contributed by atoms with van der Waals surface area (Å²) in [4.78, 5) is 8.36.